The van der Waals surface area contributed by atoms with E-state index in [2.05, 4.69) is 0 Å². The predicted octanol–water partition coefficient (Wildman–Crippen LogP) is -0.244. The number of hydrogen-bond acceptors (Lipinski definition) is 5. The van der Waals surface area contributed by atoms with Gasteiger partial charge in [-0.15, -0.1) is 0 Å². The van der Waals surface area contributed by atoms with Crippen LogP contribution in [-0.2, 0) is 13.6 Å². The Morgan fingerprint density at radius 1 is 1.24 bits per heavy atom. The maximum atomic E-state index is 12.6. The Hall–Kier alpha value is -3.20. The second-order valence-corrected chi connectivity index (χ2v) is 6.25. The molecule has 1 aromatic heterocycles. The molecular formula is C20H21BrN4O4. The molecule has 0 spiro atoms. The maximum absolute atomic E-state index is 12.6. The van der Waals surface area contributed by atoms with E-state index in [4.69, 9.17) is 10.5 Å². The summed E-state index contributed by atoms with van der Waals surface area (Å²) < 4.78 is 8.87. The average Bonchev–Trinajstić information content (AvgIpc) is 2.97. The molecule has 3 aromatic rings. The summed E-state index contributed by atoms with van der Waals surface area (Å²) in [6.45, 7) is 2.50. The van der Waals surface area contributed by atoms with E-state index in [0.29, 0.717) is 12.6 Å². The van der Waals surface area contributed by atoms with Crippen LogP contribution >= 0.6 is 0 Å². The highest BCUT2D eigenvalue weighted by molar-refractivity contribution is 5.95. The third kappa shape index (κ3) is 4.80. The number of rotatable bonds is 7. The topological polar surface area (TPSA) is 104 Å². The van der Waals surface area contributed by atoms with Gasteiger partial charge in [0.2, 0.25) is 0 Å². The van der Waals surface area contributed by atoms with Crippen LogP contribution < -0.4 is 32.0 Å². The number of ether oxygens (including phenoxy) is 1. The molecular weight excluding hydrogens is 440 g/mol. The Balaban J connectivity index is 0.00000300. The molecule has 0 saturated heterocycles. The lowest BCUT2D eigenvalue weighted by Gasteiger charge is -2.03. The van der Waals surface area contributed by atoms with Crippen LogP contribution in [0.2, 0.25) is 0 Å². The third-order valence-corrected chi connectivity index (χ3v) is 4.43. The van der Waals surface area contributed by atoms with Crippen molar-refractivity contribution in [2.24, 2.45) is 7.05 Å². The summed E-state index contributed by atoms with van der Waals surface area (Å²) >= 11 is 0. The van der Waals surface area contributed by atoms with Crippen LogP contribution in [0, 0.1) is 10.1 Å². The van der Waals surface area contributed by atoms with E-state index in [1.54, 1.807) is 21.4 Å². The van der Waals surface area contributed by atoms with Crippen molar-refractivity contribution < 1.29 is 36.0 Å². The molecule has 0 saturated carbocycles. The molecule has 1 heterocycles. The number of ketones is 1. The molecule has 0 bridgehead atoms. The molecule has 0 amide bonds. The van der Waals surface area contributed by atoms with Crippen LogP contribution in [0.3, 0.4) is 0 Å². The number of benzene rings is 2. The van der Waals surface area contributed by atoms with Crippen molar-refractivity contribution in [1.29, 1.82) is 0 Å². The molecule has 2 N–H and O–H groups in total. The molecule has 29 heavy (non-hydrogen) atoms. The highest BCUT2D eigenvalue weighted by Gasteiger charge is 2.21. The van der Waals surface area contributed by atoms with Gasteiger partial charge in [-0.3, -0.25) is 20.6 Å². The first-order chi connectivity index (χ1) is 13.4. The van der Waals surface area contributed by atoms with Gasteiger partial charge in [0, 0.05) is 23.3 Å². The Morgan fingerprint density at radius 3 is 2.55 bits per heavy atom. The van der Waals surface area contributed by atoms with E-state index in [1.165, 1.54) is 18.2 Å². The monoisotopic (exact) mass is 460 g/mol. The third-order valence-electron chi connectivity index (χ3n) is 4.43. The number of carbonyl (C=O) groups is 1. The van der Waals surface area contributed by atoms with Crippen molar-refractivity contribution in [3.8, 4) is 17.0 Å². The first-order valence-electron chi connectivity index (χ1n) is 8.76. The van der Waals surface area contributed by atoms with E-state index in [-0.39, 0.29) is 40.6 Å². The smallest absolute Gasteiger partial charge is 0.355 e. The quantitative estimate of drug-likeness (QED) is 0.226. The summed E-state index contributed by atoms with van der Waals surface area (Å²) in [6, 6.07) is 13.3. The standard InChI is InChI=1S/C20H20N4O4.BrH/c1-3-28-17-9-7-14(8-10-17)18-12-23(20(21)22(18)2)13-19(25)15-5-4-6-16(11-15)24(26)27;/h4-12,21H,3,13H2,1-2H3;1H. The lowest BCUT2D eigenvalue weighted by Crippen LogP contribution is -3.00. The number of aromatic nitrogens is 2. The predicted molar refractivity (Wildman–Crippen MR) is 104 cm³/mol. The number of imidazole rings is 1. The molecule has 3 rings (SSSR count). The van der Waals surface area contributed by atoms with Crippen LogP contribution in [0.4, 0.5) is 11.6 Å². The number of carbonyl (C=O) groups excluding carboxylic acids is 1. The molecule has 0 unspecified atom stereocenters. The Kier molecular flexibility index (Phi) is 7.11. The van der Waals surface area contributed by atoms with Gasteiger partial charge in [-0.05, 0) is 31.2 Å². The summed E-state index contributed by atoms with van der Waals surface area (Å²) in [6.07, 6.45) is 1.79. The van der Waals surface area contributed by atoms with Gasteiger partial charge in [-0.2, -0.15) is 0 Å². The normalized spacial score (nSPS) is 10.3. The number of Topliss-reactive ketones (excluding diaryl/α,β-unsaturated/α-hetero) is 1. The highest BCUT2D eigenvalue weighted by atomic mass is 79.9. The van der Waals surface area contributed by atoms with E-state index in [1.807, 2.05) is 38.2 Å². The number of non-ortho nitro benzene ring substituents is 1. The summed E-state index contributed by atoms with van der Waals surface area (Å²) in [4.78, 5) is 23.0. The summed E-state index contributed by atoms with van der Waals surface area (Å²) in [5.74, 6) is 0.925. The van der Waals surface area contributed by atoms with Gasteiger partial charge in [0.25, 0.3) is 5.69 Å². The van der Waals surface area contributed by atoms with Crippen molar-refractivity contribution in [2.75, 3.05) is 12.3 Å². The van der Waals surface area contributed by atoms with Crippen LogP contribution in [0.1, 0.15) is 17.3 Å². The molecule has 8 nitrogen and oxygen atoms in total. The minimum atomic E-state index is -0.523. The average molecular weight is 461 g/mol. The first kappa shape index (κ1) is 22.1. The molecule has 0 aliphatic carbocycles. The minimum Gasteiger partial charge on any atom is -1.00 e. The van der Waals surface area contributed by atoms with Crippen molar-refractivity contribution in [3.63, 3.8) is 0 Å². The van der Waals surface area contributed by atoms with Gasteiger partial charge >= 0.3 is 5.95 Å². The zero-order chi connectivity index (χ0) is 20.3. The number of nitro groups is 1. The van der Waals surface area contributed by atoms with Gasteiger partial charge in [-0.1, -0.05) is 12.1 Å². The fourth-order valence-corrected chi connectivity index (χ4v) is 2.94. The summed E-state index contributed by atoms with van der Waals surface area (Å²) in [5, 5.41) is 10.9. The minimum absolute atomic E-state index is 0. The Morgan fingerprint density at radius 2 is 1.93 bits per heavy atom. The number of hydrogen-bond donors (Lipinski definition) is 1. The maximum Gasteiger partial charge on any atom is 0.355 e. The number of nitro benzene ring substituents is 1. The second-order valence-electron chi connectivity index (χ2n) is 6.25. The number of nitrogens with zero attached hydrogens (tertiary/aromatic N) is 3. The lowest BCUT2D eigenvalue weighted by atomic mass is 10.1. The largest absolute Gasteiger partial charge is 1.00 e. The fraction of sp³-hybridized carbons (Fsp3) is 0.200. The van der Waals surface area contributed by atoms with Crippen molar-refractivity contribution >= 4 is 17.4 Å². The number of halogens is 1. The molecule has 152 valence electrons. The van der Waals surface area contributed by atoms with Gasteiger partial charge in [0.05, 0.1) is 18.6 Å². The van der Waals surface area contributed by atoms with Crippen molar-refractivity contribution in [1.82, 2.24) is 4.57 Å². The number of anilines is 1. The van der Waals surface area contributed by atoms with Gasteiger partial charge in [0.15, 0.2) is 5.78 Å². The summed E-state index contributed by atoms with van der Waals surface area (Å²) in [5.41, 5.74) is 8.09. The molecule has 2 aromatic carbocycles. The lowest BCUT2D eigenvalue weighted by molar-refractivity contribution is -0.667. The zero-order valence-corrected chi connectivity index (χ0v) is 17.6. The van der Waals surface area contributed by atoms with Gasteiger partial charge < -0.3 is 21.7 Å². The molecule has 9 heteroatoms. The first-order valence-corrected chi connectivity index (χ1v) is 8.76. The number of nitrogens with two attached hydrogens (primary N) is 1. The number of nitrogen functional groups attached to an aromatic ring is 1. The van der Waals surface area contributed by atoms with Crippen molar-refractivity contribution in [2.45, 2.75) is 13.5 Å². The van der Waals surface area contributed by atoms with E-state index < -0.39 is 4.92 Å². The highest BCUT2D eigenvalue weighted by Crippen LogP contribution is 2.23. The van der Waals surface area contributed by atoms with Crippen LogP contribution in [0.15, 0.2) is 54.7 Å². The SMILES string of the molecule is CCOc1ccc(-c2c[n+](CC(=O)c3cccc([N+](=O)[O-])c3)c(N)n2C)cc1.[Br-]. The van der Waals surface area contributed by atoms with E-state index in [9.17, 15) is 14.9 Å². The van der Waals surface area contributed by atoms with Gasteiger partial charge in [0.1, 0.15) is 24.2 Å². The van der Waals surface area contributed by atoms with E-state index >= 15 is 0 Å². The molecule has 0 radical (unpaired) electrons. The molecule has 0 fully saturated rings. The van der Waals surface area contributed by atoms with Crippen LogP contribution in [0.25, 0.3) is 11.3 Å². The fourth-order valence-electron chi connectivity index (χ4n) is 2.94. The van der Waals surface area contributed by atoms with E-state index in [0.717, 1.165) is 17.0 Å². The zero-order valence-electron chi connectivity index (χ0n) is 16.0. The van der Waals surface area contributed by atoms with Gasteiger partial charge in [-0.25, -0.2) is 9.13 Å². The molecule has 0 atom stereocenters. The Bertz CT molecular complexity index is 1030. The van der Waals surface area contributed by atoms with Crippen LogP contribution in [0.5, 0.6) is 5.75 Å². The molecule has 0 aliphatic rings. The Labute approximate surface area is 178 Å². The van der Waals surface area contributed by atoms with Crippen LogP contribution in [-0.4, -0.2) is 21.9 Å². The van der Waals surface area contributed by atoms with Crippen molar-refractivity contribution in [3.05, 3.63) is 70.4 Å². The second kappa shape index (κ2) is 9.33. The molecule has 0 aliphatic heterocycles. The summed E-state index contributed by atoms with van der Waals surface area (Å²) in [7, 11) is 1.81.